The lowest BCUT2D eigenvalue weighted by molar-refractivity contribution is -0.274. The number of nitrogens with zero attached hydrogens (tertiary/aromatic N) is 2. The van der Waals surface area contributed by atoms with Crippen molar-refractivity contribution < 1.29 is 27.1 Å². The molecule has 0 aliphatic heterocycles. The van der Waals surface area contributed by atoms with Gasteiger partial charge in [-0.25, -0.2) is 4.98 Å². The smallest absolute Gasteiger partial charge is 0.406 e. The van der Waals surface area contributed by atoms with E-state index in [1.54, 1.807) is 12.1 Å². The Morgan fingerprint density at radius 1 is 1.07 bits per heavy atom. The number of carbonyl (C=O) groups is 1. The lowest BCUT2D eigenvalue weighted by Crippen LogP contribution is -2.17. The van der Waals surface area contributed by atoms with Gasteiger partial charge in [-0.2, -0.15) is 4.39 Å². The molecular formula is C18H11F4N3O2. The van der Waals surface area contributed by atoms with Gasteiger partial charge in [-0.1, -0.05) is 6.07 Å². The Morgan fingerprint density at radius 3 is 2.44 bits per heavy atom. The number of ether oxygens (including phenoxy) is 1. The first kappa shape index (κ1) is 18.3. The summed E-state index contributed by atoms with van der Waals surface area (Å²) in [5, 5.41) is 2.49. The van der Waals surface area contributed by atoms with Gasteiger partial charge in [-0.15, -0.1) is 13.2 Å². The van der Waals surface area contributed by atoms with Gasteiger partial charge in [0.15, 0.2) is 0 Å². The van der Waals surface area contributed by atoms with Crippen molar-refractivity contribution in [3.05, 3.63) is 72.6 Å². The standard InChI is InChI=1S/C18H11F4N3O2/c19-16-15(11-2-1-7-23-9-11)8-12(10-24-16)17(26)25-13-3-5-14(6-4-13)27-18(20,21)22/h1-10H,(H,25,26). The number of pyridine rings is 2. The van der Waals surface area contributed by atoms with Crippen LogP contribution in [-0.2, 0) is 0 Å². The van der Waals surface area contributed by atoms with Crippen molar-refractivity contribution in [3.8, 4) is 16.9 Å². The average molecular weight is 377 g/mol. The molecular weight excluding hydrogens is 366 g/mol. The SMILES string of the molecule is O=C(Nc1ccc(OC(F)(F)F)cc1)c1cnc(F)c(-c2cccnc2)c1. The zero-order chi connectivity index (χ0) is 19.4. The highest BCUT2D eigenvalue weighted by Crippen LogP contribution is 2.25. The van der Waals surface area contributed by atoms with Crippen LogP contribution in [-0.4, -0.2) is 22.2 Å². The van der Waals surface area contributed by atoms with Crippen molar-refractivity contribution >= 4 is 11.6 Å². The first-order valence-corrected chi connectivity index (χ1v) is 7.55. The number of amides is 1. The number of hydrogen-bond donors (Lipinski definition) is 1. The molecule has 0 bridgehead atoms. The third-order valence-corrected chi connectivity index (χ3v) is 3.42. The number of hydrogen-bond acceptors (Lipinski definition) is 4. The van der Waals surface area contributed by atoms with E-state index < -0.39 is 24.0 Å². The Kier molecular flexibility index (Phi) is 5.02. The minimum Gasteiger partial charge on any atom is -0.406 e. The maximum Gasteiger partial charge on any atom is 0.573 e. The average Bonchev–Trinajstić information content (AvgIpc) is 2.63. The molecule has 3 rings (SSSR count). The van der Waals surface area contributed by atoms with Crippen molar-refractivity contribution in [1.82, 2.24) is 9.97 Å². The van der Waals surface area contributed by atoms with E-state index in [0.29, 0.717) is 5.56 Å². The van der Waals surface area contributed by atoms with E-state index in [4.69, 9.17) is 0 Å². The van der Waals surface area contributed by atoms with Crippen LogP contribution in [0.25, 0.3) is 11.1 Å². The van der Waals surface area contributed by atoms with E-state index in [9.17, 15) is 22.4 Å². The summed E-state index contributed by atoms with van der Waals surface area (Å²) in [5.74, 6) is -1.77. The Morgan fingerprint density at radius 2 is 1.81 bits per heavy atom. The molecule has 0 fully saturated rings. The lowest BCUT2D eigenvalue weighted by Gasteiger charge is -2.10. The summed E-state index contributed by atoms with van der Waals surface area (Å²) in [6.07, 6.45) is -0.780. The molecule has 0 radical (unpaired) electrons. The zero-order valence-electron chi connectivity index (χ0n) is 13.5. The van der Waals surface area contributed by atoms with Gasteiger partial charge in [-0.3, -0.25) is 9.78 Å². The number of halogens is 4. The molecule has 5 nitrogen and oxygen atoms in total. The first-order valence-electron chi connectivity index (χ1n) is 7.55. The van der Waals surface area contributed by atoms with Crippen molar-refractivity contribution in [3.63, 3.8) is 0 Å². The summed E-state index contributed by atoms with van der Waals surface area (Å²) in [5.41, 5.74) is 0.864. The van der Waals surface area contributed by atoms with Crippen LogP contribution in [0.3, 0.4) is 0 Å². The topological polar surface area (TPSA) is 64.1 Å². The van der Waals surface area contributed by atoms with Gasteiger partial charge >= 0.3 is 6.36 Å². The van der Waals surface area contributed by atoms with E-state index in [0.717, 1.165) is 18.3 Å². The maximum absolute atomic E-state index is 13.9. The predicted octanol–water partition coefficient (Wildman–Crippen LogP) is 4.43. The molecule has 0 saturated heterocycles. The maximum atomic E-state index is 13.9. The number of carbonyl (C=O) groups excluding carboxylic acids is 1. The number of benzene rings is 1. The highest BCUT2D eigenvalue weighted by molar-refractivity contribution is 6.04. The molecule has 9 heteroatoms. The van der Waals surface area contributed by atoms with E-state index in [1.165, 1.54) is 30.6 Å². The van der Waals surface area contributed by atoms with Crippen molar-refractivity contribution in [2.24, 2.45) is 0 Å². The second-order valence-corrected chi connectivity index (χ2v) is 5.33. The van der Waals surface area contributed by atoms with Gasteiger partial charge in [0.1, 0.15) is 5.75 Å². The summed E-state index contributed by atoms with van der Waals surface area (Å²) in [6, 6.07) is 9.17. The molecule has 1 N–H and O–H groups in total. The molecule has 0 saturated carbocycles. The number of aromatic nitrogens is 2. The molecule has 138 valence electrons. The molecule has 27 heavy (non-hydrogen) atoms. The molecule has 0 aliphatic rings. The van der Waals surface area contributed by atoms with Crippen molar-refractivity contribution in [1.29, 1.82) is 0 Å². The molecule has 2 heterocycles. The quantitative estimate of drug-likeness (QED) is 0.540. The normalized spacial score (nSPS) is 11.1. The monoisotopic (exact) mass is 377 g/mol. The van der Waals surface area contributed by atoms with Gasteiger partial charge in [0, 0.05) is 35.4 Å². The molecule has 1 aromatic carbocycles. The van der Waals surface area contributed by atoms with Gasteiger partial charge in [0.2, 0.25) is 5.95 Å². The minimum absolute atomic E-state index is 0.0749. The van der Waals surface area contributed by atoms with Crippen LogP contribution in [0.4, 0.5) is 23.2 Å². The Bertz CT molecular complexity index is 945. The van der Waals surface area contributed by atoms with E-state index in [-0.39, 0.29) is 16.8 Å². The minimum atomic E-state index is -4.80. The summed E-state index contributed by atoms with van der Waals surface area (Å²) in [6.45, 7) is 0. The zero-order valence-corrected chi connectivity index (χ0v) is 13.5. The Labute approximate surface area is 150 Å². The Balaban J connectivity index is 1.77. The fraction of sp³-hybridized carbons (Fsp3) is 0.0556. The fourth-order valence-electron chi connectivity index (χ4n) is 2.24. The third-order valence-electron chi connectivity index (χ3n) is 3.42. The van der Waals surface area contributed by atoms with E-state index in [1.807, 2.05) is 0 Å². The number of nitrogens with one attached hydrogen (secondary N) is 1. The van der Waals surface area contributed by atoms with Crippen LogP contribution >= 0.6 is 0 Å². The largest absolute Gasteiger partial charge is 0.573 e. The number of alkyl halides is 3. The van der Waals surface area contributed by atoms with Gasteiger partial charge < -0.3 is 10.1 Å². The summed E-state index contributed by atoms with van der Waals surface area (Å²) in [4.78, 5) is 19.8. The highest BCUT2D eigenvalue weighted by Gasteiger charge is 2.31. The molecule has 0 unspecified atom stereocenters. The highest BCUT2D eigenvalue weighted by atomic mass is 19.4. The van der Waals surface area contributed by atoms with Crippen molar-refractivity contribution in [2.75, 3.05) is 5.32 Å². The third kappa shape index (κ3) is 4.78. The molecule has 3 aromatic rings. The fourth-order valence-corrected chi connectivity index (χ4v) is 2.24. The van der Waals surface area contributed by atoms with Crippen LogP contribution in [0.5, 0.6) is 5.75 Å². The van der Waals surface area contributed by atoms with Crippen LogP contribution < -0.4 is 10.1 Å². The van der Waals surface area contributed by atoms with Crippen LogP contribution in [0.1, 0.15) is 10.4 Å². The van der Waals surface area contributed by atoms with Crippen LogP contribution in [0, 0.1) is 5.95 Å². The summed E-state index contributed by atoms with van der Waals surface area (Å²) >= 11 is 0. The molecule has 0 aliphatic carbocycles. The molecule has 0 spiro atoms. The van der Waals surface area contributed by atoms with Crippen LogP contribution in [0.15, 0.2) is 61.1 Å². The second kappa shape index (κ2) is 7.40. The summed E-state index contributed by atoms with van der Waals surface area (Å²) in [7, 11) is 0. The van der Waals surface area contributed by atoms with E-state index in [2.05, 4.69) is 20.0 Å². The molecule has 2 aromatic heterocycles. The van der Waals surface area contributed by atoms with Gasteiger partial charge in [0.25, 0.3) is 5.91 Å². The number of rotatable bonds is 4. The van der Waals surface area contributed by atoms with Crippen molar-refractivity contribution in [2.45, 2.75) is 6.36 Å². The van der Waals surface area contributed by atoms with Gasteiger partial charge in [-0.05, 0) is 36.4 Å². The number of anilines is 1. The van der Waals surface area contributed by atoms with Gasteiger partial charge in [0.05, 0.1) is 5.56 Å². The molecule has 1 amide bonds. The van der Waals surface area contributed by atoms with E-state index >= 15 is 0 Å². The molecule has 0 atom stereocenters. The lowest BCUT2D eigenvalue weighted by atomic mass is 10.1. The first-order chi connectivity index (χ1) is 12.8. The second-order valence-electron chi connectivity index (χ2n) is 5.33. The summed E-state index contributed by atoms with van der Waals surface area (Å²) < 4.78 is 54.2. The van der Waals surface area contributed by atoms with Crippen LogP contribution in [0.2, 0.25) is 0 Å². The predicted molar refractivity (Wildman–Crippen MR) is 88.5 cm³/mol. The Hall–Kier alpha value is -3.49.